The zero-order chi connectivity index (χ0) is 16.7. The van der Waals surface area contributed by atoms with E-state index < -0.39 is 0 Å². The van der Waals surface area contributed by atoms with Gasteiger partial charge < -0.3 is 5.32 Å². The van der Waals surface area contributed by atoms with Crippen LogP contribution in [0.15, 0.2) is 29.6 Å². The fourth-order valence-corrected chi connectivity index (χ4v) is 5.80. The molecule has 2 heterocycles. The lowest BCUT2D eigenvalue weighted by molar-refractivity contribution is 0.0902. The number of thiazole rings is 1. The quantitative estimate of drug-likeness (QED) is 0.654. The first kappa shape index (κ1) is 16.1. The number of benzene rings is 1. The number of aromatic nitrogens is 1. The van der Waals surface area contributed by atoms with E-state index in [1.165, 1.54) is 11.3 Å². The summed E-state index contributed by atoms with van der Waals surface area (Å²) in [5, 5.41) is 7.84. The van der Waals surface area contributed by atoms with Crippen LogP contribution in [0.4, 0.5) is 0 Å². The monoisotopic (exact) mass is 376 g/mol. The lowest BCUT2D eigenvalue weighted by atomic mass is 9.98. The molecule has 1 amide bonds. The van der Waals surface area contributed by atoms with Gasteiger partial charge in [0.1, 0.15) is 9.88 Å². The lowest BCUT2D eigenvalue weighted by Crippen LogP contribution is -2.43. The van der Waals surface area contributed by atoms with Crippen LogP contribution in [0.2, 0.25) is 5.02 Å². The van der Waals surface area contributed by atoms with Crippen LogP contribution >= 0.6 is 34.3 Å². The van der Waals surface area contributed by atoms with Gasteiger partial charge in [-0.05, 0) is 25.8 Å². The molecule has 24 heavy (non-hydrogen) atoms. The van der Waals surface area contributed by atoms with Crippen molar-refractivity contribution in [1.82, 2.24) is 10.3 Å². The molecule has 1 aliphatic carbocycles. The molecule has 4 rings (SSSR count). The molecular weight excluding hydrogens is 360 g/mol. The minimum atomic E-state index is -0.338. The van der Waals surface area contributed by atoms with Crippen LogP contribution in [0.5, 0.6) is 0 Å². The van der Waals surface area contributed by atoms with Crippen LogP contribution in [0.3, 0.4) is 0 Å². The van der Waals surface area contributed by atoms with Gasteiger partial charge in [-0.25, -0.2) is 4.98 Å². The number of nitrogens with one attached hydrogen (secondary N) is 1. The second kappa shape index (κ2) is 6.14. The first-order valence-corrected chi connectivity index (χ1v) is 10.1. The molecule has 0 unspecified atom stereocenters. The third kappa shape index (κ3) is 2.65. The Morgan fingerprint density at radius 2 is 2.04 bits per heavy atom. The van der Waals surface area contributed by atoms with E-state index in [0.29, 0.717) is 9.90 Å². The Morgan fingerprint density at radius 1 is 1.29 bits per heavy atom. The number of hydrogen-bond acceptors (Lipinski definition) is 4. The van der Waals surface area contributed by atoms with Crippen LogP contribution in [0.25, 0.3) is 10.1 Å². The van der Waals surface area contributed by atoms with E-state index in [2.05, 4.69) is 10.3 Å². The number of thiophene rings is 1. The van der Waals surface area contributed by atoms with E-state index in [9.17, 15) is 4.79 Å². The number of rotatable bonds is 3. The third-order valence-corrected chi connectivity index (χ3v) is 7.42. The van der Waals surface area contributed by atoms with Crippen LogP contribution in [0, 0.1) is 6.92 Å². The van der Waals surface area contributed by atoms with E-state index in [-0.39, 0.29) is 11.4 Å². The predicted molar refractivity (Wildman–Crippen MR) is 101 cm³/mol. The number of fused-ring (bicyclic) bond motifs is 1. The molecule has 6 heteroatoms. The molecule has 1 saturated carbocycles. The number of carbonyl (C=O) groups excluding carboxylic acids is 1. The van der Waals surface area contributed by atoms with Crippen LogP contribution in [0.1, 0.15) is 46.1 Å². The second-order valence-corrected chi connectivity index (χ2v) is 8.57. The van der Waals surface area contributed by atoms with Crippen molar-refractivity contribution in [3.8, 4) is 0 Å². The number of amides is 1. The highest BCUT2D eigenvalue weighted by Gasteiger charge is 2.40. The molecule has 0 bridgehead atoms. The number of aryl methyl sites for hydroxylation is 1. The number of nitrogens with zero attached hydrogens (tertiary/aromatic N) is 1. The van der Waals surface area contributed by atoms with Gasteiger partial charge in [-0.2, -0.15) is 0 Å². The summed E-state index contributed by atoms with van der Waals surface area (Å²) in [6.07, 6.45) is 4.10. The van der Waals surface area contributed by atoms with Crippen LogP contribution in [-0.4, -0.2) is 10.9 Å². The molecule has 3 nitrogen and oxygen atoms in total. The van der Waals surface area contributed by atoms with Gasteiger partial charge in [0.15, 0.2) is 0 Å². The summed E-state index contributed by atoms with van der Waals surface area (Å²) in [6.45, 7) is 1.99. The van der Waals surface area contributed by atoms with Gasteiger partial charge in [0.05, 0.1) is 10.6 Å². The summed E-state index contributed by atoms with van der Waals surface area (Å²) in [7, 11) is 0. The van der Waals surface area contributed by atoms with Gasteiger partial charge in [0, 0.05) is 21.2 Å². The molecule has 1 N–H and O–H groups in total. The molecule has 0 aliphatic heterocycles. The smallest absolute Gasteiger partial charge is 0.263 e. The van der Waals surface area contributed by atoms with E-state index in [1.807, 2.05) is 36.6 Å². The molecular formula is C18H17ClN2OS2. The maximum atomic E-state index is 13.0. The summed E-state index contributed by atoms with van der Waals surface area (Å²) in [5.74, 6) is -0.0871. The number of halogens is 1. The Labute approximate surface area is 153 Å². The summed E-state index contributed by atoms with van der Waals surface area (Å²) in [5.41, 5.74) is 0.672. The summed E-state index contributed by atoms with van der Waals surface area (Å²) in [6, 6.07) is 7.87. The average Bonchev–Trinajstić information content (AvgIpc) is 3.28. The fourth-order valence-electron chi connectivity index (χ4n) is 3.38. The Balaban J connectivity index is 1.69. The standard InChI is InChI=1S/C18H17ClN2OS2/c1-11-10-23-17(20-11)18(8-4-5-9-18)21-16(22)15-14(19)12-6-2-3-7-13(12)24-15/h2-3,6-7,10H,4-5,8-9H2,1H3,(H,21,22). The Bertz CT molecular complexity index is 909. The van der Waals surface area contributed by atoms with Crippen molar-refractivity contribution in [2.45, 2.75) is 38.1 Å². The lowest BCUT2D eigenvalue weighted by Gasteiger charge is -2.28. The Morgan fingerprint density at radius 3 is 2.71 bits per heavy atom. The molecule has 2 aromatic heterocycles. The maximum Gasteiger partial charge on any atom is 0.263 e. The topological polar surface area (TPSA) is 42.0 Å². The van der Waals surface area contributed by atoms with E-state index >= 15 is 0 Å². The molecule has 0 saturated heterocycles. The zero-order valence-electron chi connectivity index (χ0n) is 13.3. The van der Waals surface area contributed by atoms with Gasteiger partial charge in [-0.3, -0.25) is 4.79 Å². The van der Waals surface area contributed by atoms with Gasteiger partial charge in [0.25, 0.3) is 5.91 Å². The predicted octanol–water partition coefficient (Wildman–Crippen LogP) is 5.52. The van der Waals surface area contributed by atoms with E-state index in [0.717, 1.165) is 46.5 Å². The van der Waals surface area contributed by atoms with Crippen molar-refractivity contribution in [2.75, 3.05) is 0 Å². The molecule has 0 atom stereocenters. The second-order valence-electron chi connectivity index (χ2n) is 6.28. The summed E-state index contributed by atoms with van der Waals surface area (Å²) >= 11 is 9.56. The SMILES string of the molecule is Cc1csc(C2(NC(=O)c3sc4ccccc4c3Cl)CCCC2)n1. The number of carbonyl (C=O) groups is 1. The first-order chi connectivity index (χ1) is 11.6. The van der Waals surface area contributed by atoms with Crippen molar-refractivity contribution in [1.29, 1.82) is 0 Å². The van der Waals surface area contributed by atoms with Crippen molar-refractivity contribution in [2.24, 2.45) is 0 Å². The Hall–Kier alpha value is -1.43. The van der Waals surface area contributed by atoms with E-state index in [1.54, 1.807) is 11.3 Å². The van der Waals surface area contributed by atoms with Gasteiger partial charge >= 0.3 is 0 Å². The minimum absolute atomic E-state index is 0.0871. The summed E-state index contributed by atoms with van der Waals surface area (Å²) in [4.78, 5) is 18.2. The third-order valence-electron chi connectivity index (χ3n) is 4.58. The largest absolute Gasteiger partial charge is 0.339 e. The molecule has 1 aromatic carbocycles. The van der Waals surface area contributed by atoms with Gasteiger partial charge in [-0.1, -0.05) is 42.6 Å². The van der Waals surface area contributed by atoms with Crippen molar-refractivity contribution >= 4 is 50.3 Å². The normalized spacial score (nSPS) is 16.6. The summed E-state index contributed by atoms with van der Waals surface area (Å²) < 4.78 is 1.04. The highest BCUT2D eigenvalue weighted by molar-refractivity contribution is 7.21. The van der Waals surface area contributed by atoms with Gasteiger partial charge in [0.2, 0.25) is 0 Å². The molecule has 0 radical (unpaired) electrons. The molecule has 1 aliphatic rings. The zero-order valence-corrected chi connectivity index (χ0v) is 15.7. The highest BCUT2D eigenvalue weighted by Crippen LogP contribution is 2.41. The average molecular weight is 377 g/mol. The van der Waals surface area contributed by atoms with Crippen LogP contribution < -0.4 is 5.32 Å². The fraction of sp³-hybridized carbons (Fsp3) is 0.333. The van der Waals surface area contributed by atoms with Crippen molar-refractivity contribution in [3.63, 3.8) is 0 Å². The van der Waals surface area contributed by atoms with Gasteiger partial charge in [-0.15, -0.1) is 22.7 Å². The number of hydrogen-bond donors (Lipinski definition) is 1. The van der Waals surface area contributed by atoms with E-state index in [4.69, 9.17) is 11.6 Å². The van der Waals surface area contributed by atoms with Crippen molar-refractivity contribution in [3.05, 3.63) is 50.2 Å². The first-order valence-electron chi connectivity index (χ1n) is 8.01. The molecule has 124 valence electrons. The molecule has 1 fully saturated rings. The van der Waals surface area contributed by atoms with Crippen molar-refractivity contribution < 1.29 is 4.79 Å². The highest BCUT2D eigenvalue weighted by atomic mass is 35.5. The molecule has 0 spiro atoms. The Kier molecular flexibility index (Phi) is 4.11. The molecule has 3 aromatic rings. The van der Waals surface area contributed by atoms with Crippen LogP contribution in [-0.2, 0) is 5.54 Å². The maximum absolute atomic E-state index is 13.0. The minimum Gasteiger partial charge on any atom is -0.339 e.